The molecule has 1 atom stereocenters. The van der Waals surface area contributed by atoms with Crippen LogP contribution in [0.25, 0.3) is 0 Å². The molecule has 1 aliphatic rings. The van der Waals surface area contributed by atoms with E-state index in [2.05, 4.69) is 35.5 Å². The minimum absolute atomic E-state index is 0. The zero-order chi connectivity index (χ0) is 15.3. The van der Waals surface area contributed by atoms with E-state index in [1.54, 1.807) is 11.3 Å². The molecule has 126 valence electrons. The summed E-state index contributed by atoms with van der Waals surface area (Å²) in [6, 6.07) is 4.36. The van der Waals surface area contributed by atoms with Crippen LogP contribution in [0.5, 0.6) is 0 Å². The number of thiophene rings is 1. The van der Waals surface area contributed by atoms with E-state index in [1.807, 2.05) is 11.4 Å². The molecule has 0 radical (unpaired) electrons. The van der Waals surface area contributed by atoms with E-state index in [4.69, 9.17) is 0 Å². The van der Waals surface area contributed by atoms with Gasteiger partial charge in [-0.2, -0.15) is 0 Å². The summed E-state index contributed by atoms with van der Waals surface area (Å²) >= 11 is 1.68. The van der Waals surface area contributed by atoms with Gasteiger partial charge < -0.3 is 10.6 Å². The number of guanidine groups is 1. The monoisotopic (exact) mass is 457 g/mol. The summed E-state index contributed by atoms with van der Waals surface area (Å²) in [5, 5.41) is 8.59. The van der Waals surface area contributed by atoms with Crippen molar-refractivity contribution in [2.75, 3.05) is 18.1 Å². The average Bonchev–Trinajstić information content (AvgIpc) is 3.01. The van der Waals surface area contributed by atoms with Crippen molar-refractivity contribution in [3.63, 3.8) is 0 Å². The molecule has 2 rings (SSSR count). The smallest absolute Gasteiger partial charge is 0.191 e. The van der Waals surface area contributed by atoms with Crippen LogP contribution in [0.3, 0.4) is 0 Å². The van der Waals surface area contributed by atoms with Gasteiger partial charge in [-0.1, -0.05) is 6.07 Å². The van der Waals surface area contributed by atoms with Crippen molar-refractivity contribution in [1.82, 2.24) is 10.6 Å². The number of aliphatic imine (C=N–C) groups is 1. The molecule has 2 N–H and O–H groups in total. The highest BCUT2D eigenvalue weighted by molar-refractivity contribution is 14.0. The van der Waals surface area contributed by atoms with E-state index in [1.165, 1.54) is 4.88 Å². The maximum Gasteiger partial charge on any atom is 0.191 e. The van der Waals surface area contributed by atoms with Crippen LogP contribution in [0.1, 0.15) is 25.1 Å². The Kier molecular flexibility index (Phi) is 8.12. The molecule has 1 unspecified atom stereocenters. The zero-order valence-corrected chi connectivity index (χ0v) is 16.9. The number of rotatable bonds is 5. The van der Waals surface area contributed by atoms with Gasteiger partial charge in [-0.15, -0.1) is 35.3 Å². The highest BCUT2D eigenvalue weighted by Crippen LogP contribution is 2.17. The number of nitrogens with zero attached hydrogens (tertiary/aromatic N) is 1. The van der Waals surface area contributed by atoms with E-state index in [9.17, 15) is 8.42 Å². The van der Waals surface area contributed by atoms with Gasteiger partial charge in [-0.25, -0.2) is 13.4 Å². The van der Waals surface area contributed by atoms with Crippen LogP contribution in [0.4, 0.5) is 0 Å². The van der Waals surface area contributed by atoms with Crippen LogP contribution in [-0.4, -0.2) is 38.5 Å². The van der Waals surface area contributed by atoms with Gasteiger partial charge in [0, 0.05) is 17.5 Å². The van der Waals surface area contributed by atoms with Crippen molar-refractivity contribution in [1.29, 1.82) is 0 Å². The first-order valence-electron chi connectivity index (χ1n) is 7.22. The minimum Gasteiger partial charge on any atom is -0.356 e. The Bertz CT molecular complexity index is 571. The van der Waals surface area contributed by atoms with Gasteiger partial charge in [0.05, 0.1) is 18.1 Å². The van der Waals surface area contributed by atoms with Gasteiger partial charge in [-0.3, -0.25) is 0 Å². The largest absolute Gasteiger partial charge is 0.356 e. The molecular formula is C14H24IN3O2S2. The Hall–Kier alpha value is -0.350. The molecule has 0 saturated carbocycles. The highest BCUT2D eigenvalue weighted by Gasteiger charge is 2.27. The van der Waals surface area contributed by atoms with Gasteiger partial charge in [0.1, 0.15) is 0 Å². The summed E-state index contributed by atoms with van der Waals surface area (Å²) in [7, 11) is -2.81. The van der Waals surface area contributed by atoms with Crippen molar-refractivity contribution in [2.24, 2.45) is 10.9 Å². The lowest BCUT2D eigenvalue weighted by molar-refractivity contribution is 0.562. The first-order valence-corrected chi connectivity index (χ1v) is 9.92. The topological polar surface area (TPSA) is 70.6 Å². The Morgan fingerprint density at radius 1 is 1.50 bits per heavy atom. The fraction of sp³-hybridized carbons (Fsp3) is 0.643. The molecule has 1 fully saturated rings. The van der Waals surface area contributed by atoms with Gasteiger partial charge >= 0.3 is 0 Å². The van der Waals surface area contributed by atoms with Crippen LogP contribution in [0, 0.1) is 5.92 Å². The quantitative estimate of drug-likeness (QED) is 0.404. The highest BCUT2D eigenvalue weighted by atomic mass is 127. The van der Waals surface area contributed by atoms with E-state index >= 15 is 0 Å². The minimum atomic E-state index is -2.81. The molecule has 1 aromatic rings. The fourth-order valence-electron chi connectivity index (χ4n) is 2.26. The molecule has 8 heteroatoms. The number of sulfone groups is 1. The second kappa shape index (κ2) is 9.07. The zero-order valence-electron chi connectivity index (χ0n) is 12.9. The first kappa shape index (κ1) is 19.7. The molecule has 1 saturated heterocycles. The molecule has 2 heterocycles. The molecule has 1 aromatic heterocycles. The molecule has 22 heavy (non-hydrogen) atoms. The van der Waals surface area contributed by atoms with Gasteiger partial charge in [0.2, 0.25) is 0 Å². The standard InChI is InChI=1S/C14H23N3O2S2.HI/c1-11(2)17-14(16-9-13-4-3-6-20-13)15-8-12-5-7-21(18,19)10-12;/h3-4,6,11-12H,5,7-10H2,1-2H3,(H2,15,16,17);1H. The summed E-state index contributed by atoms with van der Waals surface area (Å²) in [6.45, 7) is 5.41. The van der Waals surface area contributed by atoms with Gasteiger partial charge in [0.25, 0.3) is 0 Å². The van der Waals surface area contributed by atoms with Crippen LogP contribution in [-0.2, 0) is 16.4 Å². The Balaban J connectivity index is 0.00000242. The Morgan fingerprint density at radius 3 is 2.82 bits per heavy atom. The Labute approximate surface area is 153 Å². The fourth-order valence-corrected chi connectivity index (χ4v) is 4.75. The van der Waals surface area contributed by atoms with Crippen molar-refractivity contribution in [2.45, 2.75) is 32.9 Å². The first-order chi connectivity index (χ1) is 9.94. The molecule has 1 aliphatic heterocycles. The molecule has 0 amide bonds. The predicted octanol–water partition coefficient (Wildman–Crippen LogP) is 2.24. The lowest BCUT2D eigenvalue weighted by Crippen LogP contribution is -2.43. The number of halogens is 1. The van der Waals surface area contributed by atoms with E-state index in [-0.39, 0.29) is 35.9 Å². The molecule has 0 spiro atoms. The molecule has 5 nitrogen and oxygen atoms in total. The van der Waals surface area contributed by atoms with E-state index in [0.29, 0.717) is 24.6 Å². The maximum atomic E-state index is 11.5. The normalized spacial score (nSPS) is 20.7. The maximum absolute atomic E-state index is 11.5. The molecule has 0 aromatic carbocycles. The SMILES string of the molecule is CC(C)NC(=NCc1cccs1)NCC1CCS(=O)(=O)C1.I. The lowest BCUT2D eigenvalue weighted by Gasteiger charge is -2.17. The Morgan fingerprint density at radius 2 is 2.27 bits per heavy atom. The summed E-state index contributed by atoms with van der Waals surface area (Å²) in [5.74, 6) is 1.55. The summed E-state index contributed by atoms with van der Waals surface area (Å²) in [6.07, 6.45) is 0.745. The van der Waals surface area contributed by atoms with E-state index in [0.717, 1.165) is 12.4 Å². The van der Waals surface area contributed by atoms with Gasteiger partial charge in [-0.05, 0) is 37.6 Å². The third-order valence-corrected chi connectivity index (χ3v) is 5.98. The second-order valence-corrected chi connectivity index (χ2v) is 8.95. The third kappa shape index (κ3) is 6.82. The number of nitrogens with one attached hydrogen (secondary N) is 2. The summed E-state index contributed by atoms with van der Waals surface area (Å²) < 4.78 is 22.9. The van der Waals surface area contributed by atoms with Crippen molar-refractivity contribution in [3.8, 4) is 0 Å². The van der Waals surface area contributed by atoms with Crippen LogP contribution < -0.4 is 10.6 Å². The summed E-state index contributed by atoms with van der Waals surface area (Å²) in [4.78, 5) is 5.77. The van der Waals surface area contributed by atoms with Crippen LogP contribution in [0.15, 0.2) is 22.5 Å². The van der Waals surface area contributed by atoms with E-state index < -0.39 is 9.84 Å². The van der Waals surface area contributed by atoms with Gasteiger partial charge in [0.15, 0.2) is 15.8 Å². The number of hydrogen-bond donors (Lipinski definition) is 2. The molecular weight excluding hydrogens is 433 g/mol. The van der Waals surface area contributed by atoms with Crippen LogP contribution in [0.2, 0.25) is 0 Å². The summed E-state index contributed by atoms with van der Waals surface area (Å²) in [5.41, 5.74) is 0. The van der Waals surface area contributed by atoms with Crippen molar-refractivity contribution >= 4 is 51.1 Å². The molecule has 0 aliphatic carbocycles. The van der Waals surface area contributed by atoms with Crippen molar-refractivity contribution < 1.29 is 8.42 Å². The number of hydrogen-bond acceptors (Lipinski definition) is 4. The lowest BCUT2D eigenvalue weighted by atomic mass is 10.1. The predicted molar refractivity (Wildman–Crippen MR) is 104 cm³/mol. The second-order valence-electron chi connectivity index (χ2n) is 5.69. The average molecular weight is 457 g/mol. The molecule has 0 bridgehead atoms. The third-order valence-electron chi connectivity index (χ3n) is 3.28. The van der Waals surface area contributed by atoms with Crippen LogP contribution >= 0.6 is 35.3 Å². The van der Waals surface area contributed by atoms with Crippen molar-refractivity contribution in [3.05, 3.63) is 22.4 Å².